The second kappa shape index (κ2) is 8.00. The standard InChI is InChI=1S/C16H23N3OS/c1-4-8-17-10-14-12-21-16(18-14)19(2)11-13-6-5-7-15(9-13)20-3/h5-7,9,12,17H,4,8,10-11H2,1-3H3. The summed E-state index contributed by atoms with van der Waals surface area (Å²) in [6.07, 6.45) is 1.15. The minimum Gasteiger partial charge on any atom is -0.497 e. The summed E-state index contributed by atoms with van der Waals surface area (Å²) in [7, 11) is 3.76. The van der Waals surface area contributed by atoms with E-state index in [0.717, 1.165) is 42.6 Å². The molecule has 1 heterocycles. The van der Waals surface area contributed by atoms with Crippen LogP contribution in [0.1, 0.15) is 24.6 Å². The molecule has 0 aliphatic heterocycles. The number of rotatable bonds is 8. The highest BCUT2D eigenvalue weighted by molar-refractivity contribution is 7.13. The van der Waals surface area contributed by atoms with E-state index in [1.165, 1.54) is 5.56 Å². The number of nitrogens with one attached hydrogen (secondary N) is 1. The van der Waals surface area contributed by atoms with Crippen LogP contribution in [-0.2, 0) is 13.1 Å². The Morgan fingerprint density at radius 1 is 1.38 bits per heavy atom. The number of thiazole rings is 1. The molecule has 0 radical (unpaired) electrons. The number of ether oxygens (including phenoxy) is 1. The third kappa shape index (κ3) is 4.72. The molecule has 5 heteroatoms. The Hall–Kier alpha value is -1.59. The zero-order valence-electron chi connectivity index (χ0n) is 12.9. The Morgan fingerprint density at radius 2 is 2.24 bits per heavy atom. The van der Waals surface area contributed by atoms with Crippen LogP contribution in [0.15, 0.2) is 29.6 Å². The molecule has 2 aromatic rings. The highest BCUT2D eigenvalue weighted by atomic mass is 32.1. The average molecular weight is 305 g/mol. The zero-order chi connectivity index (χ0) is 15.1. The summed E-state index contributed by atoms with van der Waals surface area (Å²) in [6.45, 7) is 4.87. The Morgan fingerprint density at radius 3 is 3.00 bits per heavy atom. The first-order valence-electron chi connectivity index (χ1n) is 7.22. The Kier molecular flexibility index (Phi) is 6.02. The lowest BCUT2D eigenvalue weighted by Gasteiger charge is -2.16. The molecule has 0 aliphatic carbocycles. The van der Waals surface area contributed by atoms with Crippen LogP contribution in [0.5, 0.6) is 5.75 Å². The highest BCUT2D eigenvalue weighted by Gasteiger charge is 2.08. The van der Waals surface area contributed by atoms with Crippen LogP contribution in [0.3, 0.4) is 0 Å². The van der Waals surface area contributed by atoms with Gasteiger partial charge in [0.1, 0.15) is 5.75 Å². The van der Waals surface area contributed by atoms with Gasteiger partial charge < -0.3 is 15.0 Å². The Bertz CT molecular complexity index is 556. The zero-order valence-corrected chi connectivity index (χ0v) is 13.7. The van der Waals surface area contributed by atoms with Gasteiger partial charge in [0.15, 0.2) is 5.13 Å². The van der Waals surface area contributed by atoms with Gasteiger partial charge >= 0.3 is 0 Å². The maximum Gasteiger partial charge on any atom is 0.185 e. The van der Waals surface area contributed by atoms with Crippen molar-refractivity contribution in [3.05, 3.63) is 40.9 Å². The molecule has 0 spiro atoms. The van der Waals surface area contributed by atoms with Crippen LogP contribution >= 0.6 is 11.3 Å². The van der Waals surface area contributed by atoms with E-state index in [-0.39, 0.29) is 0 Å². The molecule has 0 saturated heterocycles. The van der Waals surface area contributed by atoms with E-state index in [4.69, 9.17) is 4.74 Å². The molecule has 2 rings (SSSR count). The second-order valence-corrected chi connectivity index (χ2v) is 5.84. The Balaban J connectivity index is 1.94. The quantitative estimate of drug-likeness (QED) is 0.759. The number of aromatic nitrogens is 1. The first-order chi connectivity index (χ1) is 10.2. The maximum atomic E-state index is 5.26. The lowest BCUT2D eigenvalue weighted by Crippen LogP contribution is -2.17. The van der Waals surface area contributed by atoms with E-state index in [0.29, 0.717) is 0 Å². The van der Waals surface area contributed by atoms with Crippen LogP contribution in [0, 0.1) is 0 Å². The smallest absolute Gasteiger partial charge is 0.185 e. The van der Waals surface area contributed by atoms with E-state index in [9.17, 15) is 0 Å². The normalized spacial score (nSPS) is 10.6. The molecule has 0 fully saturated rings. The highest BCUT2D eigenvalue weighted by Crippen LogP contribution is 2.22. The van der Waals surface area contributed by atoms with Gasteiger partial charge in [0.2, 0.25) is 0 Å². The van der Waals surface area contributed by atoms with Crippen LogP contribution in [-0.4, -0.2) is 25.7 Å². The second-order valence-electron chi connectivity index (χ2n) is 5.01. The minimum absolute atomic E-state index is 0.826. The third-order valence-corrected chi connectivity index (χ3v) is 4.16. The van der Waals surface area contributed by atoms with E-state index in [1.54, 1.807) is 18.4 Å². The molecule has 1 aromatic heterocycles. The lowest BCUT2D eigenvalue weighted by atomic mass is 10.2. The number of hydrogen-bond donors (Lipinski definition) is 1. The fourth-order valence-corrected chi connectivity index (χ4v) is 2.85. The lowest BCUT2D eigenvalue weighted by molar-refractivity contribution is 0.414. The monoisotopic (exact) mass is 305 g/mol. The third-order valence-electron chi connectivity index (χ3n) is 3.15. The van der Waals surface area contributed by atoms with E-state index < -0.39 is 0 Å². The molecule has 0 saturated carbocycles. The van der Waals surface area contributed by atoms with Gasteiger partial charge in [-0.3, -0.25) is 0 Å². The van der Waals surface area contributed by atoms with Crippen molar-refractivity contribution < 1.29 is 4.74 Å². The summed E-state index contributed by atoms with van der Waals surface area (Å²) >= 11 is 1.69. The molecular formula is C16H23N3OS. The predicted octanol–water partition coefficient (Wildman–Crippen LogP) is 3.29. The number of methoxy groups -OCH3 is 1. The van der Waals surface area contributed by atoms with Crippen LogP contribution < -0.4 is 15.0 Å². The van der Waals surface area contributed by atoms with Gasteiger partial charge in [-0.15, -0.1) is 11.3 Å². The molecular weight excluding hydrogens is 282 g/mol. The van der Waals surface area contributed by atoms with Crippen molar-refractivity contribution in [2.75, 3.05) is 25.6 Å². The van der Waals surface area contributed by atoms with E-state index >= 15 is 0 Å². The summed E-state index contributed by atoms with van der Waals surface area (Å²) in [5.74, 6) is 0.893. The molecule has 0 aliphatic rings. The predicted molar refractivity (Wildman–Crippen MR) is 89.2 cm³/mol. The van der Waals surface area contributed by atoms with Crippen LogP contribution in [0.2, 0.25) is 0 Å². The number of anilines is 1. The fourth-order valence-electron chi connectivity index (χ4n) is 2.06. The summed E-state index contributed by atoms with van der Waals surface area (Å²) in [5.41, 5.74) is 2.33. The van der Waals surface area contributed by atoms with Gasteiger partial charge in [-0.1, -0.05) is 19.1 Å². The van der Waals surface area contributed by atoms with E-state index in [1.807, 2.05) is 12.1 Å². The van der Waals surface area contributed by atoms with Gasteiger partial charge in [0.05, 0.1) is 12.8 Å². The summed E-state index contributed by atoms with van der Waals surface area (Å²) < 4.78 is 5.26. The topological polar surface area (TPSA) is 37.4 Å². The largest absolute Gasteiger partial charge is 0.497 e. The summed E-state index contributed by atoms with van der Waals surface area (Å²) in [5, 5.41) is 6.55. The molecule has 0 atom stereocenters. The minimum atomic E-state index is 0.826. The van der Waals surface area contributed by atoms with E-state index in [2.05, 4.69) is 46.7 Å². The first kappa shape index (κ1) is 15.8. The molecule has 0 unspecified atom stereocenters. The van der Waals surface area contributed by atoms with Crippen molar-refractivity contribution >= 4 is 16.5 Å². The average Bonchev–Trinajstić information content (AvgIpc) is 2.97. The molecule has 4 nitrogen and oxygen atoms in total. The number of nitrogens with zero attached hydrogens (tertiary/aromatic N) is 2. The van der Waals surface area contributed by atoms with Crippen molar-refractivity contribution in [3.8, 4) is 5.75 Å². The van der Waals surface area contributed by atoms with Gasteiger partial charge in [-0.25, -0.2) is 4.98 Å². The molecule has 1 aromatic carbocycles. The fraction of sp³-hybridized carbons (Fsp3) is 0.438. The van der Waals surface area contributed by atoms with Gasteiger partial charge in [-0.2, -0.15) is 0 Å². The first-order valence-corrected chi connectivity index (χ1v) is 8.10. The maximum absolute atomic E-state index is 5.26. The number of hydrogen-bond acceptors (Lipinski definition) is 5. The number of benzene rings is 1. The van der Waals surface area contributed by atoms with Crippen molar-refractivity contribution in [3.63, 3.8) is 0 Å². The molecule has 21 heavy (non-hydrogen) atoms. The van der Waals surface area contributed by atoms with Crippen molar-refractivity contribution in [2.24, 2.45) is 0 Å². The van der Waals surface area contributed by atoms with Crippen molar-refractivity contribution in [1.82, 2.24) is 10.3 Å². The molecule has 0 amide bonds. The van der Waals surface area contributed by atoms with Gasteiger partial charge in [0, 0.05) is 25.5 Å². The summed E-state index contributed by atoms with van der Waals surface area (Å²) in [4.78, 5) is 6.84. The molecule has 114 valence electrons. The van der Waals surface area contributed by atoms with Gasteiger partial charge in [0.25, 0.3) is 0 Å². The van der Waals surface area contributed by atoms with Gasteiger partial charge in [-0.05, 0) is 30.7 Å². The molecule has 1 N–H and O–H groups in total. The molecule has 0 bridgehead atoms. The SMILES string of the molecule is CCCNCc1csc(N(C)Cc2cccc(OC)c2)n1. The van der Waals surface area contributed by atoms with Crippen LogP contribution in [0.25, 0.3) is 0 Å². The Labute approximate surface area is 130 Å². The summed E-state index contributed by atoms with van der Waals surface area (Å²) in [6, 6.07) is 8.15. The van der Waals surface area contributed by atoms with Crippen molar-refractivity contribution in [1.29, 1.82) is 0 Å². The van der Waals surface area contributed by atoms with Crippen molar-refractivity contribution in [2.45, 2.75) is 26.4 Å². The van der Waals surface area contributed by atoms with Crippen LogP contribution in [0.4, 0.5) is 5.13 Å².